The fourth-order valence-corrected chi connectivity index (χ4v) is 1.50. The van der Waals surface area contributed by atoms with Crippen LogP contribution in [-0.2, 0) is 12.8 Å². The average Bonchev–Trinajstić information content (AvgIpc) is 2.77. The van der Waals surface area contributed by atoms with E-state index in [0.29, 0.717) is 24.6 Å². The molecular weight excluding hydrogens is 216 g/mol. The summed E-state index contributed by atoms with van der Waals surface area (Å²) in [6.45, 7) is 2.04. The molecule has 0 spiro atoms. The number of hydrogen-bond acceptors (Lipinski definition) is 5. The van der Waals surface area contributed by atoms with Crippen LogP contribution in [0.3, 0.4) is 0 Å². The predicted molar refractivity (Wildman–Crippen MR) is 63.3 cm³/mol. The van der Waals surface area contributed by atoms with Gasteiger partial charge in [-0.05, 0) is 24.1 Å². The van der Waals surface area contributed by atoms with Crippen LogP contribution in [0.4, 0.5) is 0 Å². The number of aromatic nitrogens is 3. The smallest absolute Gasteiger partial charge is 0.228 e. The van der Waals surface area contributed by atoms with Crippen molar-refractivity contribution < 1.29 is 4.52 Å². The summed E-state index contributed by atoms with van der Waals surface area (Å²) in [5, 5.41) is 3.94. The van der Waals surface area contributed by atoms with E-state index in [-0.39, 0.29) is 6.04 Å². The molecule has 1 atom stereocenters. The number of pyridine rings is 1. The van der Waals surface area contributed by atoms with Crippen molar-refractivity contribution >= 4 is 0 Å². The van der Waals surface area contributed by atoms with Gasteiger partial charge in [0.05, 0.1) is 0 Å². The molecule has 0 bridgehead atoms. The number of nitrogens with zero attached hydrogens (tertiary/aromatic N) is 3. The summed E-state index contributed by atoms with van der Waals surface area (Å²) in [6.07, 6.45) is 5.71. The molecule has 2 aromatic heterocycles. The van der Waals surface area contributed by atoms with Crippen LogP contribution in [0.1, 0.15) is 30.6 Å². The van der Waals surface area contributed by atoms with Gasteiger partial charge >= 0.3 is 0 Å². The molecule has 0 aliphatic carbocycles. The first-order valence-electron chi connectivity index (χ1n) is 5.74. The van der Waals surface area contributed by atoms with Crippen LogP contribution < -0.4 is 5.73 Å². The SMILES string of the molecule is CCC(N)Cc1nc(Cc2ccncc2)no1. The Morgan fingerprint density at radius 3 is 2.82 bits per heavy atom. The van der Waals surface area contributed by atoms with Gasteiger partial charge in [-0.2, -0.15) is 4.98 Å². The molecule has 0 radical (unpaired) electrons. The lowest BCUT2D eigenvalue weighted by atomic mass is 10.2. The van der Waals surface area contributed by atoms with Gasteiger partial charge in [0.2, 0.25) is 5.89 Å². The van der Waals surface area contributed by atoms with Crippen molar-refractivity contribution in [3.05, 3.63) is 41.8 Å². The average molecular weight is 232 g/mol. The van der Waals surface area contributed by atoms with E-state index in [1.807, 2.05) is 19.1 Å². The Morgan fingerprint density at radius 2 is 2.12 bits per heavy atom. The van der Waals surface area contributed by atoms with E-state index in [4.69, 9.17) is 10.3 Å². The largest absolute Gasteiger partial charge is 0.339 e. The lowest BCUT2D eigenvalue weighted by molar-refractivity contribution is 0.363. The Kier molecular flexibility index (Phi) is 3.82. The van der Waals surface area contributed by atoms with E-state index in [0.717, 1.165) is 12.0 Å². The molecule has 1 unspecified atom stereocenters. The Balaban J connectivity index is 1.99. The highest BCUT2D eigenvalue weighted by atomic mass is 16.5. The first-order valence-corrected chi connectivity index (χ1v) is 5.74. The van der Waals surface area contributed by atoms with Gasteiger partial charge < -0.3 is 10.3 Å². The Labute approximate surface area is 100 Å². The molecule has 5 heteroatoms. The molecule has 0 aliphatic rings. The van der Waals surface area contributed by atoms with Crippen molar-refractivity contribution in [2.24, 2.45) is 5.73 Å². The summed E-state index contributed by atoms with van der Waals surface area (Å²) < 4.78 is 5.15. The van der Waals surface area contributed by atoms with Crippen LogP contribution in [0.5, 0.6) is 0 Å². The summed E-state index contributed by atoms with van der Waals surface area (Å²) in [4.78, 5) is 8.28. The standard InChI is InChI=1S/C12H16N4O/c1-2-10(13)8-12-15-11(16-17-12)7-9-3-5-14-6-4-9/h3-6,10H,2,7-8,13H2,1H3. The minimum absolute atomic E-state index is 0.0872. The molecule has 0 saturated carbocycles. The minimum Gasteiger partial charge on any atom is -0.339 e. The minimum atomic E-state index is 0.0872. The first-order chi connectivity index (χ1) is 8.28. The molecule has 0 aromatic carbocycles. The molecular formula is C12H16N4O. The second kappa shape index (κ2) is 5.54. The fraction of sp³-hybridized carbons (Fsp3) is 0.417. The highest BCUT2D eigenvalue weighted by Crippen LogP contribution is 2.07. The monoisotopic (exact) mass is 232 g/mol. The topological polar surface area (TPSA) is 77.8 Å². The molecule has 0 fully saturated rings. The van der Waals surface area contributed by atoms with E-state index < -0.39 is 0 Å². The van der Waals surface area contributed by atoms with Gasteiger partial charge in [-0.1, -0.05) is 12.1 Å². The van der Waals surface area contributed by atoms with Gasteiger partial charge in [-0.15, -0.1) is 0 Å². The molecule has 2 rings (SSSR count). The van der Waals surface area contributed by atoms with Gasteiger partial charge in [-0.25, -0.2) is 0 Å². The molecule has 2 heterocycles. The van der Waals surface area contributed by atoms with Crippen molar-refractivity contribution in [3.63, 3.8) is 0 Å². The molecule has 0 amide bonds. The third-order valence-electron chi connectivity index (χ3n) is 2.58. The summed E-state index contributed by atoms with van der Waals surface area (Å²) in [5.74, 6) is 1.30. The van der Waals surface area contributed by atoms with Crippen LogP contribution in [0.25, 0.3) is 0 Å². The summed E-state index contributed by atoms with van der Waals surface area (Å²) in [7, 11) is 0. The lowest BCUT2D eigenvalue weighted by Crippen LogP contribution is -2.21. The van der Waals surface area contributed by atoms with Gasteiger partial charge in [0.25, 0.3) is 0 Å². The van der Waals surface area contributed by atoms with Crippen LogP contribution in [-0.4, -0.2) is 21.2 Å². The van der Waals surface area contributed by atoms with Gasteiger partial charge in [-0.3, -0.25) is 4.98 Å². The summed E-state index contributed by atoms with van der Waals surface area (Å²) in [5.41, 5.74) is 6.95. The second-order valence-electron chi connectivity index (χ2n) is 4.01. The first kappa shape index (κ1) is 11.7. The Bertz CT molecular complexity index is 455. The molecule has 90 valence electrons. The zero-order valence-corrected chi connectivity index (χ0v) is 9.84. The van der Waals surface area contributed by atoms with E-state index in [1.165, 1.54) is 0 Å². The normalized spacial score (nSPS) is 12.6. The summed E-state index contributed by atoms with van der Waals surface area (Å²) in [6, 6.07) is 3.96. The fourth-order valence-electron chi connectivity index (χ4n) is 1.50. The van der Waals surface area contributed by atoms with Gasteiger partial charge in [0.15, 0.2) is 5.82 Å². The molecule has 2 N–H and O–H groups in total. The third kappa shape index (κ3) is 3.35. The lowest BCUT2D eigenvalue weighted by Gasteiger charge is -2.02. The van der Waals surface area contributed by atoms with Crippen molar-refractivity contribution in [3.8, 4) is 0 Å². The molecule has 17 heavy (non-hydrogen) atoms. The van der Waals surface area contributed by atoms with Crippen molar-refractivity contribution in [2.45, 2.75) is 32.2 Å². The van der Waals surface area contributed by atoms with Gasteiger partial charge in [0.1, 0.15) is 0 Å². The van der Waals surface area contributed by atoms with Crippen molar-refractivity contribution in [1.29, 1.82) is 0 Å². The number of hydrogen-bond donors (Lipinski definition) is 1. The maximum Gasteiger partial charge on any atom is 0.228 e. The van der Waals surface area contributed by atoms with Crippen LogP contribution in [0.15, 0.2) is 29.0 Å². The zero-order chi connectivity index (χ0) is 12.1. The van der Waals surface area contributed by atoms with E-state index in [1.54, 1.807) is 12.4 Å². The quantitative estimate of drug-likeness (QED) is 0.841. The molecule has 5 nitrogen and oxygen atoms in total. The highest BCUT2D eigenvalue weighted by Gasteiger charge is 2.10. The van der Waals surface area contributed by atoms with E-state index >= 15 is 0 Å². The number of rotatable bonds is 5. The maximum absolute atomic E-state index is 5.83. The zero-order valence-electron chi connectivity index (χ0n) is 9.84. The van der Waals surface area contributed by atoms with Crippen LogP contribution >= 0.6 is 0 Å². The Morgan fingerprint density at radius 1 is 1.35 bits per heavy atom. The number of nitrogens with two attached hydrogens (primary N) is 1. The van der Waals surface area contributed by atoms with E-state index in [2.05, 4.69) is 15.1 Å². The van der Waals surface area contributed by atoms with Gasteiger partial charge in [0, 0.05) is 31.3 Å². The van der Waals surface area contributed by atoms with E-state index in [9.17, 15) is 0 Å². The van der Waals surface area contributed by atoms with Crippen LogP contribution in [0.2, 0.25) is 0 Å². The van der Waals surface area contributed by atoms with Crippen molar-refractivity contribution in [1.82, 2.24) is 15.1 Å². The molecule has 0 aliphatic heterocycles. The van der Waals surface area contributed by atoms with Crippen molar-refractivity contribution in [2.75, 3.05) is 0 Å². The Hall–Kier alpha value is -1.75. The summed E-state index contributed by atoms with van der Waals surface area (Å²) >= 11 is 0. The highest BCUT2D eigenvalue weighted by molar-refractivity contribution is 5.14. The van der Waals surface area contributed by atoms with Crippen LogP contribution in [0, 0.1) is 0 Å². The predicted octanol–water partition coefficient (Wildman–Crippen LogP) is 1.34. The molecule has 2 aromatic rings. The third-order valence-corrected chi connectivity index (χ3v) is 2.58. The maximum atomic E-state index is 5.83. The second-order valence-corrected chi connectivity index (χ2v) is 4.01. The molecule has 0 saturated heterocycles.